The van der Waals surface area contributed by atoms with Crippen molar-refractivity contribution >= 4 is 0 Å². The molecule has 1 N–H and O–H groups in total. The molecule has 16 heavy (non-hydrogen) atoms. The first-order valence-corrected chi connectivity index (χ1v) is 7.33. The quantitative estimate of drug-likeness (QED) is 0.739. The summed E-state index contributed by atoms with van der Waals surface area (Å²) in [4.78, 5) is 2.62. The fourth-order valence-corrected chi connectivity index (χ4v) is 3.25. The average Bonchev–Trinajstić information content (AvgIpc) is 2.62. The molecule has 1 aliphatic heterocycles. The zero-order valence-corrected chi connectivity index (χ0v) is 10.9. The van der Waals surface area contributed by atoms with Crippen molar-refractivity contribution in [3.63, 3.8) is 0 Å². The van der Waals surface area contributed by atoms with Gasteiger partial charge in [0, 0.05) is 18.6 Å². The van der Waals surface area contributed by atoms with E-state index in [1.54, 1.807) is 0 Å². The molecule has 2 heteroatoms. The van der Waals surface area contributed by atoms with E-state index in [0.717, 1.165) is 6.04 Å². The molecule has 0 aromatic carbocycles. The largest absolute Gasteiger partial charge is 0.310 e. The lowest BCUT2D eigenvalue weighted by molar-refractivity contribution is 0.279. The van der Waals surface area contributed by atoms with Gasteiger partial charge in [-0.1, -0.05) is 25.7 Å². The second kappa shape index (κ2) is 6.61. The Hall–Kier alpha value is -0.0800. The first-order valence-electron chi connectivity index (χ1n) is 7.33. The van der Waals surface area contributed by atoms with E-state index >= 15 is 0 Å². The summed E-state index contributed by atoms with van der Waals surface area (Å²) in [5.41, 5.74) is 0. The third-order valence-corrected chi connectivity index (χ3v) is 4.11. The molecule has 0 amide bonds. The maximum Gasteiger partial charge on any atom is 0.0169 e. The van der Waals surface area contributed by atoms with Crippen molar-refractivity contribution in [2.75, 3.05) is 19.6 Å². The van der Waals surface area contributed by atoms with Crippen molar-refractivity contribution in [1.82, 2.24) is 10.2 Å². The highest BCUT2D eigenvalue weighted by molar-refractivity contribution is 4.77. The predicted molar refractivity (Wildman–Crippen MR) is 69.8 cm³/mol. The first kappa shape index (κ1) is 12.4. The molecular formula is C14H28N2. The Morgan fingerprint density at radius 2 is 1.62 bits per heavy atom. The van der Waals surface area contributed by atoms with Crippen LogP contribution in [0.3, 0.4) is 0 Å². The lowest BCUT2D eigenvalue weighted by Gasteiger charge is -2.26. The molecule has 2 fully saturated rings. The minimum absolute atomic E-state index is 0.682. The van der Waals surface area contributed by atoms with Crippen LogP contribution in [-0.4, -0.2) is 36.6 Å². The van der Waals surface area contributed by atoms with Gasteiger partial charge < -0.3 is 10.2 Å². The molecule has 1 saturated heterocycles. The predicted octanol–water partition coefficient (Wildman–Crippen LogP) is 2.78. The highest BCUT2D eigenvalue weighted by atomic mass is 15.2. The number of nitrogens with zero attached hydrogens (tertiary/aromatic N) is 1. The van der Waals surface area contributed by atoms with Crippen molar-refractivity contribution in [1.29, 1.82) is 0 Å². The van der Waals surface area contributed by atoms with Crippen molar-refractivity contribution in [2.45, 2.75) is 70.4 Å². The summed E-state index contributed by atoms with van der Waals surface area (Å²) in [5, 5.41) is 3.84. The van der Waals surface area contributed by atoms with Crippen LogP contribution in [0.15, 0.2) is 0 Å². The standard InChI is InChI=1S/C14H28N2/c1-13(12-16-10-6-7-11-16)15-14-8-4-2-3-5-9-14/h13-15H,2-12H2,1H3. The molecule has 0 bridgehead atoms. The van der Waals surface area contributed by atoms with Gasteiger partial charge in [-0.05, 0) is 45.7 Å². The van der Waals surface area contributed by atoms with Gasteiger partial charge in [-0.25, -0.2) is 0 Å². The van der Waals surface area contributed by atoms with Crippen molar-refractivity contribution in [3.05, 3.63) is 0 Å². The fraction of sp³-hybridized carbons (Fsp3) is 1.00. The fourth-order valence-electron chi connectivity index (χ4n) is 3.25. The molecule has 2 rings (SSSR count). The highest BCUT2D eigenvalue weighted by Crippen LogP contribution is 2.18. The van der Waals surface area contributed by atoms with E-state index in [4.69, 9.17) is 0 Å². The van der Waals surface area contributed by atoms with Gasteiger partial charge in [-0.15, -0.1) is 0 Å². The Balaban J connectivity index is 1.66. The number of likely N-dealkylation sites (tertiary alicyclic amines) is 1. The molecule has 94 valence electrons. The second-order valence-electron chi connectivity index (χ2n) is 5.76. The van der Waals surface area contributed by atoms with E-state index < -0.39 is 0 Å². The summed E-state index contributed by atoms with van der Waals surface area (Å²) in [7, 11) is 0. The third kappa shape index (κ3) is 4.06. The Bertz CT molecular complexity index is 179. The van der Waals surface area contributed by atoms with Crippen LogP contribution in [0, 0.1) is 0 Å². The van der Waals surface area contributed by atoms with Gasteiger partial charge in [0.05, 0.1) is 0 Å². The van der Waals surface area contributed by atoms with Crippen LogP contribution in [0.1, 0.15) is 58.3 Å². The molecule has 2 aliphatic rings. The van der Waals surface area contributed by atoms with Gasteiger partial charge >= 0.3 is 0 Å². The van der Waals surface area contributed by atoms with E-state index in [1.807, 2.05) is 0 Å². The van der Waals surface area contributed by atoms with Gasteiger partial charge in [0.25, 0.3) is 0 Å². The van der Waals surface area contributed by atoms with Crippen molar-refractivity contribution in [3.8, 4) is 0 Å². The molecular weight excluding hydrogens is 196 g/mol. The van der Waals surface area contributed by atoms with Crippen LogP contribution in [0.2, 0.25) is 0 Å². The maximum atomic E-state index is 3.84. The zero-order valence-electron chi connectivity index (χ0n) is 10.9. The third-order valence-electron chi connectivity index (χ3n) is 4.11. The van der Waals surface area contributed by atoms with Crippen LogP contribution in [-0.2, 0) is 0 Å². The number of rotatable bonds is 4. The van der Waals surface area contributed by atoms with Crippen LogP contribution >= 0.6 is 0 Å². The molecule has 2 nitrogen and oxygen atoms in total. The summed E-state index contributed by atoms with van der Waals surface area (Å²) >= 11 is 0. The molecule has 1 unspecified atom stereocenters. The lowest BCUT2D eigenvalue weighted by atomic mass is 10.1. The SMILES string of the molecule is CC(CN1CCCC1)NC1CCCCCC1. The van der Waals surface area contributed by atoms with E-state index in [0.29, 0.717) is 6.04 Å². The normalized spacial score (nSPS) is 26.8. The topological polar surface area (TPSA) is 15.3 Å². The molecule has 1 aliphatic carbocycles. The average molecular weight is 224 g/mol. The molecule has 1 atom stereocenters. The Kier molecular flexibility index (Phi) is 5.11. The van der Waals surface area contributed by atoms with Crippen molar-refractivity contribution < 1.29 is 0 Å². The molecule has 0 aromatic heterocycles. The van der Waals surface area contributed by atoms with Gasteiger partial charge in [0.15, 0.2) is 0 Å². The van der Waals surface area contributed by atoms with E-state index in [9.17, 15) is 0 Å². The van der Waals surface area contributed by atoms with Crippen molar-refractivity contribution in [2.24, 2.45) is 0 Å². The monoisotopic (exact) mass is 224 g/mol. The maximum absolute atomic E-state index is 3.84. The van der Waals surface area contributed by atoms with E-state index in [2.05, 4.69) is 17.1 Å². The Morgan fingerprint density at radius 1 is 1.00 bits per heavy atom. The van der Waals surface area contributed by atoms with Gasteiger partial charge in [-0.2, -0.15) is 0 Å². The molecule has 0 spiro atoms. The minimum Gasteiger partial charge on any atom is -0.310 e. The summed E-state index contributed by atoms with van der Waals surface area (Å²) in [6.07, 6.45) is 11.4. The summed E-state index contributed by atoms with van der Waals surface area (Å²) in [6, 6.07) is 1.49. The molecule has 1 heterocycles. The summed E-state index contributed by atoms with van der Waals surface area (Å²) in [6.45, 7) is 6.28. The number of nitrogens with one attached hydrogen (secondary N) is 1. The molecule has 0 radical (unpaired) electrons. The van der Waals surface area contributed by atoms with Gasteiger partial charge in [0.2, 0.25) is 0 Å². The Labute approximate surface area is 101 Å². The zero-order chi connectivity index (χ0) is 11.2. The highest BCUT2D eigenvalue weighted by Gasteiger charge is 2.18. The smallest absolute Gasteiger partial charge is 0.0169 e. The van der Waals surface area contributed by atoms with Gasteiger partial charge in [-0.3, -0.25) is 0 Å². The Morgan fingerprint density at radius 3 is 2.25 bits per heavy atom. The number of hydrogen-bond donors (Lipinski definition) is 1. The minimum atomic E-state index is 0.682. The van der Waals surface area contributed by atoms with Crippen LogP contribution in [0.25, 0.3) is 0 Å². The molecule has 0 aromatic rings. The van der Waals surface area contributed by atoms with Crippen LogP contribution in [0.4, 0.5) is 0 Å². The molecule has 1 saturated carbocycles. The summed E-state index contributed by atoms with van der Waals surface area (Å²) < 4.78 is 0. The van der Waals surface area contributed by atoms with Crippen LogP contribution < -0.4 is 5.32 Å². The van der Waals surface area contributed by atoms with Crippen LogP contribution in [0.5, 0.6) is 0 Å². The van der Waals surface area contributed by atoms with E-state index in [-0.39, 0.29) is 0 Å². The first-order chi connectivity index (χ1) is 7.84. The summed E-state index contributed by atoms with van der Waals surface area (Å²) in [5.74, 6) is 0. The second-order valence-corrected chi connectivity index (χ2v) is 5.76. The van der Waals surface area contributed by atoms with Gasteiger partial charge in [0.1, 0.15) is 0 Å². The van der Waals surface area contributed by atoms with E-state index in [1.165, 1.54) is 71.0 Å². The number of hydrogen-bond acceptors (Lipinski definition) is 2. The lowest BCUT2D eigenvalue weighted by Crippen LogP contribution is -2.43.